The molecule has 2 aromatic rings. The highest BCUT2D eigenvalue weighted by atomic mass is 16.5. The molecule has 3 rings (SSSR count). The summed E-state index contributed by atoms with van der Waals surface area (Å²) >= 11 is 0. The van der Waals surface area contributed by atoms with Gasteiger partial charge in [-0.1, -0.05) is 71.2 Å². The Labute approximate surface area is 181 Å². The fourth-order valence-electron chi connectivity index (χ4n) is 3.23. The number of ether oxygens (including phenoxy) is 1. The number of benzene rings is 2. The van der Waals surface area contributed by atoms with Crippen LogP contribution in [0.1, 0.15) is 80.2 Å². The lowest BCUT2D eigenvalue weighted by atomic mass is 9.93. The summed E-state index contributed by atoms with van der Waals surface area (Å²) < 4.78 is 5.53. The Morgan fingerprint density at radius 3 is 2.27 bits per heavy atom. The quantitative estimate of drug-likeness (QED) is 0.503. The topological polar surface area (TPSA) is 55.4 Å². The van der Waals surface area contributed by atoms with Crippen LogP contribution in [0.5, 0.6) is 5.75 Å². The predicted octanol–water partition coefficient (Wildman–Crippen LogP) is 6.55. The number of carbonyl (C=O) groups is 2. The van der Waals surface area contributed by atoms with Crippen molar-refractivity contribution in [1.82, 2.24) is 0 Å². The van der Waals surface area contributed by atoms with E-state index < -0.39 is 0 Å². The van der Waals surface area contributed by atoms with Gasteiger partial charge in [0.2, 0.25) is 0 Å². The summed E-state index contributed by atoms with van der Waals surface area (Å²) in [6, 6.07) is 12.7. The lowest BCUT2D eigenvalue weighted by molar-refractivity contribution is 0.0939. The van der Waals surface area contributed by atoms with Crippen LogP contribution in [0.3, 0.4) is 0 Å². The second-order valence-corrected chi connectivity index (χ2v) is 7.95. The van der Waals surface area contributed by atoms with Crippen LogP contribution < -0.4 is 10.1 Å². The second kappa shape index (κ2) is 11.5. The smallest absolute Gasteiger partial charge is 0.259 e. The van der Waals surface area contributed by atoms with Gasteiger partial charge in [0.25, 0.3) is 5.91 Å². The summed E-state index contributed by atoms with van der Waals surface area (Å²) in [5.74, 6) is 1.28. The number of para-hydroxylation sites is 1. The number of rotatable bonds is 8. The van der Waals surface area contributed by atoms with Crippen molar-refractivity contribution in [3.63, 3.8) is 0 Å². The number of carbonyl (C=O) groups excluding carboxylic acids is 2. The Kier molecular flexibility index (Phi) is 9.10. The zero-order chi connectivity index (χ0) is 22.1. The van der Waals surface area contributed by atoms with Crippen molar-refractivity contribution in [2.45, 2.75) is 60.3 Å². The van der Waals surface area contributed by atoms with Gasteiger partial charge in [0, 0.05) is 11.5 Å². The molecule has 162 valence electrons. The molecule has 1 saturated carbocycles. The minimum Gasteiger partial charge on any atom is -0.493 e. The van der Waals surface area contributed by atoms with Gasteiger partial charge in [-0.3, -0.25) is 9.59 Å². The fraction of sp³-hybridized carbons (Fsp3) is 0.462. The van der Waals surface area contributed by atoms with Crippen LogP contribution in [0.4, 0.5) is 5.69 Å². The number of hydrogen-bond acceptors (Lipinski definition) is 3. The van der Waals surface area contributed by atoms with E-state index in [0.717, 1.165) is 17.9 Å². The van der Waals surface area contributed by atoms with Crippen molar-refractivity contribution < 1.29 is 14.3 Å². The Bertz CT molecular complexity index is 853. The second-order valence-electron chi connectivity index (χ2n) is 7.95. The zero-order valence-electron chi connectivity index (χ0n) is 19.0. The van der Waals surface area contributed by atoms with E-state index in [2.05, 4.69) is 12.2 Å². The van der Waals surface area contributed by atoms with Gasteiger partial charge >= 0.3 is 0 Å². The average Bonchev–Trinajstić information content (AvgIpc) is 3.58. The highest BCUT2D eigenvalue weighted by Crippen LogP contribution is 2.31. The molecule has 0 aromatic heterocycles. The first-order valence-corrected chi connectivity index (χ1v) is 11.1. The normalized spacial score (nSPS) is 12.7. The van der Waals surface area contributed by atoms with Gasteiger partial charge in [-0.25, -0.2) is 0 Å². The molecule has 1 aliphatic rings. The van der Waals surface area contributed by atoms with Gasteiger partial charge in [-0.2, -0.15) is 0 Å². The van der Waals surface area contributed by atoms with Crippen LogP contribution in [0.25, 0.3) is 0 Å². The highest BCUT2D eigenvalue weighted by Gasteiger charge is 2.21. The number of ketones is 1. The number of amides is 1. The number of Topliss-reactive ketones (excluding diaryl/α,β-unsaturated/α-hetero) is 1. The van der Waals surface area contributed by atoms with Gasteiger partial charge in [0.05, 0.1) is 17.9 Å². The largest absolute Gasteiger partial charge is 0.493 e. The molecular formula is C26H35NO3. The van der Waals surface area contributed by atoms with Crippen molar-refractivity contribution in [2.75, 3.05) is 11.9 Å². The summed E-state index contributed by atoms with van der Waals surface area (Å²) in [5.41, 5.74) is 2.54. The molecular weight excluding hydrogens is 374 g/mol. The summed E-state index contributed by atoms with van der Waals surface area (Å²) in [6.07, 6.45) is 5.17. The molecule has 4 heteroatoms. The van der Waals surface area contributed by atoms with Crippen LogP contribution in [-0.2, 0) is 6.42 Å². The minimum atomic E-state index is -0.282. The van der Waals surface area contributed by atoms with Gasteiger partial charge in [0.1, 0.15) is 5.75 Å². The first-order chi connectivity index (χ1) is 14.4. The van der Waals surface area contributed by atoms with Crippen LogP contribution in [0.15, 0.2) is 42.5 Å². The third-order valence-electron chi connectivity index (χ3n) is 5.26. The van der Waals surface area contributed by atoms with E-state index in [-0.39, 0.29) is 17.6 Å². The Balaban J connectivity index is 0.000000558. The molecule has 0 unspecified atom stereocenters. The summed E-state index contributed by atoms with van der Waals surface area (Å²) in [7, 11) is 0. The molecule has 0 bridgehead atoms. The molecule has 0 spiro atoms. The predicted molar refractivity (Wildman–Crippen MR) is 124 cm³/mol. The molecule has 1 N–H and O–H groups in total. The van der Waals surface area contributed by atoms with Crippen LogP contribution in [0, 0.1) is 11.8 Å². The Hall–Kier alpha value is -2.62. The lowest BCUT2D eigenvalue weighted by Crippen LogP contribution is -2.19. The molecule has 0 radical (unpaired) electrons. The summed E-state index contributed by atoms with van der Waals surface area (Å²) in [4.78, 5) is 25.4. The molecule has 0 aliphatic heterocycles. The number of hydrogen-bond donors (Lipinski definition) is 1. The Morgan fingerprint density at radius 2 is 1.73 bits per heavy atom. The zero-order valence-corrected chi connectivity index (χ0v) is 19.0. The molecule has 0 saturated heterocycles. The maximum absolute atomic E-state index is 12.8. The van der Waals surface area contributed by atoms with Gasteiger partial charge in [0.15, 0.2) is 5.78 Å². The molecule has 4 nitrogen and oxygen atoms in total. The molecule has 30 heavy (non-hydrogen) atoms. The van der Waals surface area contributed by atoms with Gasteiger partial charge < -0.3 is 10.1 Å². The van der Waals surface area contributed by atoms with Crippen molar-refractivity contribution in [3.05, 3.63) is 59.2 Å². The van der Waals surface area contributed by atoms with Crippen molar-refractivity contribution in [1.29, 1.82) is 0 Å². The Morgan fingerprint density at radius 1 is 1.03 bits per heavy atom. The molecule has 2 aromatic carbocycles. The fourth-order valence-corrected chi connectivity index (χ4v) is 3.23. The van der Waals surface area contributed by atoms with E-state index in [0.29, 0.717) is 29.2 Å². The molecule has 0 atom stereocenters. The molecule has 1 amide bonds. The van der Waals surface area contributed by atoms with Gasteiger partial charge in [-0.15, -0.1) is 0 Å². The van der Waals surface area contributed by atoms with E-state index in [9.17, 15) is 9.59 Å². The summed E-state index contributed by atoms with van der Waals surface area (Å²) in [5, 5.41) is 2.90. The van der Waals surface area contributed by atoms with Crippen LogP contribution in [-0.4, -0.2) is 18.3 Å². The maximum atomic E-state index is 12.8. The van der Waals surface area contributed by atoms with Gasteiger partial charge in [-0.05, 0) is 43.0 Å². The van der Waals surface area contributed by atoms with Crippen molar-refractivity contribution in [2.24, 2.45) is 11.8 Å². The first kappa shape index (κ1) is 23.7. The third kappa shape index (κ3) is 6.45. The number of nitrogens with one attached hydrogen (secondary N) is 1. The first-order valence-electron chi connectivity index (χ1n) is 11.1. The van der Waals surface area contributed by atoms with E-state index >= 15 is 0 Å². The lowest BCUT2D eigenvalue weighted by Gasteiger charge is -2.16. The maximum Gasteiger partial charge on any atom is 0.259 e. The standard InChI is InChI=1S/C21H25NO3.C5H10/c1-5-15-10-9-12-17(19(15)20(23)14(3)4)22-21(24)16-11-7-8-13-18(16)25-6-2;1-2-5-3-4-5/h7-14H,5-6H2,1-4H3,(H,22,24);5H,2-4H2,1H3. The minimum absolute atomic E-state index is 0.0332. The number of aryl methyl sites for hydroxylation is 1. The van der Waals surface area contributed by atoms with E-state index in [1.165, 1.54) is 19.3 Å². The van der Waals surface area contributed by atoms with E-state index in [1.807, 2.05) is 45.9 Å². The molecule has 1 fully saturated rings. The SMILES string of the molecule is CCC1CC1.CCOc1ccccc1C(=O)Nc1cccc(CC)c1C(=O)C(C)C. The van der Waals surface area contributed by atoms with Crippen LogP contribution >= 0.6 is 0 Å². The molecule has 1 aliphatic carbocycles. The summed E-state index contributed by atoms with van der Waals surface area (Å²) in [6.45, 7) is 10.3. The monoisotopic (exact) mass is 409 g/mol. The third-order valence-corrected chi connectivity index (χ3v) is 5.26. The highest BCUT2D eigenvalue weighted by molar-refractivity contribution is 6.11. The van der Waals surface area contributed by atoms with E-state index in [1.54, 1.807) is 24.3 Å². The average molecular weight is 410 g/mol. The number of anilines is 1. The molecule has 0 heterocycles. The van der Waals surface area contributed by atoms with Crippen LogP contribution in [0.2, 0.25) is 0 Å². The van der Waals surface area contributed by atoms with Crippen molar-refractivity contribution >= 4 is 17.4 Å². The van der Waals surface area contributed by atoms with Crippen molar-refractivity contribution in [3.8, 4) is 5.75 Å². The van der Waals surface area contributed by atoms with E-state index in [4.69, 9.17) is 4.74 Å².